The zero-order valence-electron chi connectivity index (χ0n) is 12.6. The second kappa shape index (κ2) is 6.91. The second-order valence-corrected chi connectivity index (χ2v) is 6.20. The van der Waals surface area contributed by atoms with E-state index in [1.165, 1.54) is 36.0 Å². The van der Waals surface area contributed by atoms with Gasteiger partial charge in [-0.15, -0.1) is 0 Å². The highest BCUT2D eigenvalue weighted by Gasteiger charge is 2.19. The van der Waals surface area contributed by atoms with E-state index in [1.807, 2.05) is 0 Å². The number of hydrogen-bond acceptors (Lipinski definition) is 1. The third-order valence-electron chi connectivity index (χ3n) is 3.63. The first kappa shape index (κ1) is 14.3. The third kappa shape index (κ3) is 5.20. The molecule has 0 unspecified atom stereocenters. The molecule has 104 valence electrons. The Hall–Kier alpha value is -1.08. The highest BCUT2D eigenvalue weighted by molar-refractivity contribution is 5.64. The molecule has 1 aliphatic carbocycles. The molecule has 0 atom stereocenters. The van der Waals surface area contributed by atoms with Crippen molar-refractivity contribution in [2.45, 2.75) is 52.5 Å². The molecule has 1 fully saturated rings. The molecule has 0 spiro atoms. The van der Waals surface area contributed by atoms with Crippen LogP contribution in [-0.2, 0) is 6.42 Å². The lowest BCUT2D eigenvalue weighted by molar-refractivity contribution is 0.647. The quantitative estimate of drug-likeness (QED) is 0.712. The van der Waals surface area contributed by atoms with E-state index in [-0.39, 0.29) is 0 Å². The van der Waals surface area contributed by atoms with Gasteiger partial charge in [-0.2, -0.15) is 0 Å². The molecular weight excluding hydrogens is 230 g/mol. The maximum Gasteiger partial charge on any atom is 0.00683 e. The number of rotatable bonds is 7. The van der Waals surface area contributed by atoms with Crippen LogP contribution in [0.3, 0.4) is 0 Å². The second-order valence-electron chi connectivity index (χ2n) is 6.20. The topological polar surface area (TPSA) is 12.0 Å². The van der Waals surface area contributed by atoms with Gasteiger partial charge in [0, 0.05) is 6.04 Å². The summed E-state index contributed by atoms with van der Waals surface area (Å²) in [7, 11) is 0. The minimum atomic E-state index is 0.724. The summed E-state index contributed by atoms with van der Waals surface area (Å²) in [4.78, 5) is 0. The van der Waals surface area contributed by atoms with Crippen LogP contribution in [0.1, 0.15) is 51.2 Å². The predicted molar refractivity (Wildman–Crippen MR) is 84.3 cm³/mol. The van der Waals surface area contributed by atoms with E-state index < -0.39 is 0 Å². The first-order valence-electron chi connectivity index (χ1n) is 7.64. The van der Waals surface area contributed by atoms with Crippen molar-refractivity contribution in [1.29, 1.82) is 0 Å². The molecule has 0 bridgehead atoms. The van der Waals surface area contributed by atoms with Crippen molar-refractivity contribution in [2.75, 3.05) is 6.54 Å². The van der Waals surface area contributed by atoms with Crippen molar-refractivity contribution >= 4 is 5.57 Å². The molecule has 1 aromatic rings. The highest BCUT2D eigenvalue weighted by Crippen LogP contribution is 2.19. The van der Waals surface area contributed by atoms with Gasteiger partial charge in [0.25, 0.3) is 0 Å². The Morgan fingerprint density at radius 1 is 1.37 bits per heavy atom. The van der Waals surface area contributed by atoms with Gasteiger partial charge in [0.1, 0.15) is 0 Å². The first-order chi connectivity index (χ1) is 9.15. The molecule has 0 aromatic heterocycles. The molecule has 1 heteroatoms. The first-order valence-corrected chi connectivity index (χ1v) is 7.64. The van der Waals surface area contributed by atoms with E-state index in [0.29, 0.717) is 0 Å². The van der Waals surface area contributed by atoms with E-state index in [9.17, 15) is 0 Å². The van der Waals surface area contributed by atoms with Crippen LogP contribution in [0, 0.1) is 5.92 Å². The fourth-order valence-electron chi connectivity index (χ4n) is 2.40. The van der Waals surface area contributed by atoms with E-state index in [4.69, 9.17) is 0 Å². The van der Waals surface area contributed by atoms with Crippen LogP contribution in [0.4, 0.5) is 0 Å². The van der Waals surface area contributed by atoms with Crippen molar-refractivity contribution in [3.8, 4) is 0 Å². The average Bonchev–Trinajstić information content (AvgIpc) is 3.18. The molecule has 0 aliphatic heterocycles. The summed E-state index contributed by atoms with van der Waals surface area (Å²) >= 11 is 0. The fourth-order valence-corrected chi connectivity index (χ4v) is 2.40. The molecule has 1 saturated carbocycles. The predicted octanol–water partition coefficient (Wildman–Crippen LogP) is 4.43. The van der Waals surface area contributed by atoms with Crippen molar-refractivity contribution in [1.82, 2.24) is 5.32 Å². The van der Waals surface area contributed by atoms with Gasteiger partial charge in [-0.25, -0.2) is 0 Å². The molecule has 0 amide bonds. The lowest BCUT2D eigenvalue weighted by Crippen LogP contribution is -2.16. The molecule has 1 aliphatic rings. The summed E-state index contributed by atoms with van der Waals surface area (Å²) in [6, 6.07) is 9.82. The van der Waals surface area contributed by atoms with Crippen LogP contribution in [0.15, 0.2) is 30.3 Å². The largest absolute Gasteiger partial charge is 0.314 e. The molecule has 1 nitrogen and oxygen atoms in total. The normalized spacial score (nSPS) is 16.1. The molecule has 2 rings (SSSR count). The maximum absolute atomic E-state index is 3.56. The van der Waals surface area contributed by atoms with E-state index in [2.05, 4.69) is 56.4 Å². The summed E-state index contributed by atoms with van der Waals surface area (Å²) in [5.41, 5.74) is 4.24. The fraction of sp³-hybridized carbons (Fsp3) is 0.556. The van der Waals surface area contributed by atoms with Gasteiger partial charge in [-0.05, 0) is 61.8 Å². The molecule has 0 saturated heterocycles. The van der Waals surface area contributed by atoms with E-state index in [1.54, 1.807) is 0 Å². The Morgan fingerprint density at radius 2 is 2.16 bits per heavy atom. The van der Waals surface area contributed by atoms with Crippen molar-refractivity contribution in [3.05, 3.63) is 41.5 Å². The van der Waals surface area contributed by atoms with Gasteiger partial charge in [0.05, 0.1) is 0 Å². The standard InChI is InChI=1S/C18H27N/c1-14(2)12-16-7-4-8-17(13-16)15(3)6-5-11-19-18-9-10-18/h4,6-8,13-14,18-19H,5,9-12H2,1-3H3/b15-6+. The number of benzene rings is 1. The molecule has 19 heavy (non-hydrogen) atoms. The average molecular weight is 257 g/mol. The van der Waals surface area contributed by atoms with Gasteiger partial charge in [0.2, 0.25) is 0 Å². The van der Waals surface area contributed by atoms with Crippen LogP contribution in [0.5, 0.6) is 0 Å². The van der Waals surface area contributed by atoms with E-state index >= 15 is 0 Å². The minimum Gasteiger partial charge on any atom is -0.314 e. The van der Waals surface area contributed by atoms with Gasteiger partial charge in [-0.1, -0.05) is 44.2 Å². The summed E-state index contributed by atoms with van der Waals surface area (Å²) in [6.45, 7) is 7.90. The van der Waals surface area contributed by atoms with Gasteiger partial charge < -0.3 is 5.32 Å². The zero-order chi connectivity index (χ0) is 13.7. The Morgan fingerprint density at radius 3 is 2.84 bits per heavy atom. The maximum atomic E-state index is 3.56. The van der Waals surface area contributed by atoms with Crippen LogP contribution >= 0.6 is 0 Å². The Kier molecular flexibility index (Phi) is 5.21. The summed E-state index contributed by atoms with van der Waals surface area (Å²) < 4.78 is 0. The minimum absolute atomic E-state index is 0.724. The Balaban J connectivity index is 1.88. The number of allylic oxidation sites excluding steroid dienone is 1. The third-order valence-corrected chi connectivity index (χ3v) is 3.63. The van der Waals surface area contributed by atoms with Crippen LogP contribution in [-0.4, -0.2) is 12.6 Å². The number of hydrogen-bond donors (Lipinski definition) is 1. The smallest absolute Gasteiger partial charge is 0.00683 e. The van der Waals surface area contributed by atoms with Gasteiger partial charge in [0.15, 0.2) is 0 Å². The van der Waals surface area contributed by atoms with Crippen LogP contribution < -0.4 is 5.32 Å². The van der Waals surface area contributed by atoms with Crippen molar-refractivity contribution in [3.63, 3.8) is 0 Å². The van der Waals surface area contributed by atoms with Crippen LogP contribution in [0.2, 0.25) is 0 Å². The summed E-state index contributed by atoms with van der Waals surface area (Å²) in [6.07, 6.45) is 7.42. The molecule has 0 heterocycles. The SMILES string of the molecule is C/C(=C\CCNC1CC1)c1cccc(CC(C)C)c1. The van der Waals surface area contributed by atoms with Gasteiger partial charge >= 0.3 is 0 Å². The molecule has 0 radical (unpaired) electrons. The highest BCUT2D eigenvalue weighted by atomic mass is 14.9. The van der Waals surface area contributed by atoms with Crippen molar-refractivity contribution < 1.29 is 0 Å². The van der Waals surface area contributed by atoms with Gasteiger partial charge in [-0.3, -0.25) is 0 Å². The Bertz CT molecular complexity index is 427. The monoisotopic (exact) mass is 257 g/mol. The molecular formula is C18H27N. The Labute approximate surface area is 118 Å². The van der Waals surface area contributed by atoms with Crippen molar-refractivity contribution in [2.24, 2.45) is 5.92 Å². The summed E-state index contributed by atoms with van der Waals surface area (Å²) in [5, 5.41) is 3.56. The van der Waals surface area contributed by atoms with E-state index in [0.717, 1.165) is 24.9 Å². The molecule has 1 N–H and O–H groups in total. The van der Waals surface area contributed by atoms with Crippen LogP contribution in [0.25, 0.3) is 5.57 Å². The molecule has 1 aromatic carbocycles. The zero-order valence-corrected chi connectivity index (χ0v) is 12.6. The number of nitrogens with one attached hydrogen (secondary N) is 1. The lowest BCUT2D eigenvalue weighted by Gasteiger charge is -2.08. The summed E-state index contributed by atoms with van der Waals surface area (Å²) in [5.74, 6) is 0.724. The lowest BCUT2D eigenvalue weighted by atomic mass is 9.98.